The third kappa shape index (κ3) is 2.78. The van der Waals surface area contributed by atoms with Crippen molar-refractivity contribution in [3.63, 3.8) is 0 Å². The largest absolute Gasteiger partial charge is 0.507 e. The molecule has 20 heavy (non-hydrogen) atoms. The Balaban J connectivity index is 2.28. The van der Waals surface area contributed by atoms with Gasteiger partial charge in [-0.15, -0.1) is 0 Å². The van der Waals surface area contributed by atoms with E-state index in [2.05, 4.69) is 5.32 Å². The quantitative estimate of drug-likeness (QED) is 0.813. The summed E-state index contributed by atoms with van der Waals surface area (Å²) in [7, 11) is 1.46. The van der Waals surface area contributed by atoms with Crippen LogP contribution < -0.4 is 10.1 Å². The summed E-state index contributed by atoms with van der Waals surface area (Å²) >= 11 is 5.88. The van der Waals surface area contributed by atoms with Crippen LogP contribution in [0.2, 0.25) is 5.02 Å². The summed E-state index contributed by atoms with van der Waals surface area (Å²) in [6.07, 6.45) is 0. The molecule has 1 amide bonds. The number of anilines is 1. The lowest BCUT2D eigenvalue weighted by Crippen LogP contribution is -2.12. The Bertz CT molecular complexity index is 637. The van der Waals surface area contributed by atoms with E-state index in [1.807, 2.05) is 0 Å². The van der Waals surface area contributed by atoms with Gasteiger partial charge in [-0.2, -0.15) is 0 Å². The Morgan fingerprint density at radius 1 is 1.20 bits per heavy atom. The minimum Gasteiger partial charge on any atom is -0.507 e. The van der Waals surface area contributed by atoms with Crippen molar-refractivity contribution in [1.29, 1.82) is 0 Å². The van der Waals surface area contributed by atoms with Gasteiger partial charge in [-0.05, 0) is 24.3 Å². The summed E-state index contributed by atoms with van der Waals surface area (Å²) in [6.45, 7) is 0. The number of ether oxygens (including phenoxy) is 1. The van der Waals surface area contributed by atoms with Crippen molar-refractivity contribution in [1.82, 2.24) is 0 Å². The number of halogens is 1. The monoisotopic (exact) mass is 293 g/mol. The smallest absolute Gasteiger partial charge is 0.263 e. The molecular weight excluding hydrogens is 282 g/mol. The van der Waals surface area contributed by atoms with Crippen molar-refractivity contribution in [3.8, 4) is 17.2 Å². The molecule has 2 aromatic carbocycles. The molecule has 0 fully saturated rings. The molecule has 0 unspecified atom stereocenters. The van der Waals surface area contributed by atoms with Crippen LogP contribution in [0.15, 0.2) is 36.4 Å². The standard InChI is InChI=1S/C14H12ClNO4/c1-20-12-7-8(5-6-9(12)15)16-14(19)13-10(17)3-2-4-11(13)18/h2-7,17-18H,1H3,(H,16,19). The maximum atomic E-state index is 12.0. The van der Waals surface area contributed by atoms with Crippen LogP contribution in [-0.4, -0.2) is 23.2 Å². The van der Waals surface area contributed by atoms with Crippen molar-refractivity contribution in [2.24, 2.45) is 0 Å². The minimum absolute atomic E-state index is 0.193. The highest BCUT2D eigenvalue weighted by Crippen LogP contribution is 2.30. The average Bonchev–Trinajstić information content (AvgIpc) is 2.40. The van der Waals surface area contributed by atoms with Crippen LogP contribution in [0.25, 0.3) is 0 Å². The molecule has 0 saturated heterocycles. The first-order chi connectivity index (χ1) is 9.52. The van der Waals surface area contributed by atoms with Gasteiger partial charge < -0.3 is 20.3 Å². The van der Waals surface area contributed by atoms with Gasteiger partial charge in [-0.1, -0.05) is 17.7 Å². The number of phenolic OH excluding ortho intramolecular Hbond substituents is 2. The summed E-state index contributed by atoms with van der Waals surface area (Å²) in [5, 5.41) is 22.2. The van der Waals surface area contributed by atoms with Gasteiger partial charge in [0.2, 0.25) is 0 Å². The van der Waals surface area contributed by atoms with Crippen molar-refractivity contribution in [2.75, 3.05) is 12.4 Å². The molecule has 0 aliphatic rings. The van der Waals surface area contributed by atoms with Gasteiger partial charge in [0, 0.05) is 11.8 Å². The summed E-state index contributed by atoms with van der Waals surface area (Å²) < 4.78 is 5.04. The molecule has 0 bridgehead atoms. The third-order valence-corrected chi connectivity index (χ3v) is 2.97. The van der Waals surface area contributed by atoms with Crippen LogP contribution in [0.3, 0.4) is 0 Å². The van der Waals surface area contributed by atoms with Crippen molar-refractivity contribution < 1.29 is 19.7 Å². The molecule has 2 rings (SSSR count). The number of aromatic hydroxyl groups is 2. The van der Waals surface area contributed by atoms with Crippen LogP contribution >= 0.6 is 11.6 Å². The van der Waals surface area contributed by atoms with E-state index < -0.39 is 5.91 Å². The normalized spacial score (nSPS) is 10.1. The Kier molecular flexibility index (Phi) is 4.00. The predicted molar refractivity (Wildman–Crippen MR) is 75.7 cm³/mol. The molecule has 0 spiro atoms. The second-order valence-corrected chi connectivity index (χ2v) is 4.38. The highest BCUT2D eigenvalue weighted by Gasteiger charge is 2.16. The van der Waals surface area contributed by atoms with E-state index in [4.69, 9.17) is 16.3 Å². The fourth-order valence-corrected chi connectivity index (χ4v) is 1.89. The van der Waals surface area contributed by atoms with Gasteiger partial charge in [0.05, 0.1) is 12.1 Å². The number of amides is 1. The highest BCUT2D eigenvalue weighted by molar-refractivity contribution is 6.32. The Morgan fingerprint density at radius 2 is 1.85 bits per heavy atom. The van der Waals surface area contributed by atoms with Crippen molar-refractivity contribution >= 4 is 23.2 Å². The first-order valence-corrected chi connectivity index (χ1v) is 6.06. The van der Waals surface area contributed by atoms with Crippen LogP contribution in [0.5, 0.6) is 17.2 Å². The number of rotatable bonds is 3. The number of methoxy groups -OCH3 is 1. The van der Waals surface area contributed by atoms with Crippen LogP contribution in [0, 0.1) is 0 Å². The second kappa shape index (κ2) is 5.71. The molecule has 6 heteroatoms. The van der Waals surface area contributed by atoms with E-state index in [1.165, 1.54) is 31.4 Å². The molecule has 5 nitrogen and oxygen atoms in total. The maximum Gasteiger partial charge on any atom is 0.263 e. The van der Waals surface area contributed by atoms with E-state index >= 15 is 0 Å². The second-order valence-electron chi connectivity index (χ2n) is 3.97. The number of hydrogen-bond acceptors (Lipinski definition) is 4. The Morgan fingerprint density at radius 3 is 2.45 bits per heavy atom. The molecule has 0 atom stereocenters. The number of carbonyl (C=O) groups excluding carboxylic acids is 1. The van der Waals surface area contributed by atoms with Crippen LogP contribution in [0.1, 0.15) is 10.4 Å². The number of phenols is 2. The number of nitrogens with one attached hydrogen (secondary N) is 1. The predicted octanol–water partition coefficient (Wildman–Crippen LogP) is 3.01. The topological polar surface area (TPSA) is 78.8 Å². The third-order valence-electron chi connectivity index (χ3n) is 2.66. The van der Waals surface area contributed by atoms with Gasteiger partial charge >= 0.3 is 0 Å². The van der Waals surface area contributed by atoms with E-state index in [-0.39, 0.29) is 17.1 Å². The molecule has 0 radical (unpaired) electrons. The SMILES string of the molecule is COc1cc(NC(=O)c2c(O)cccc2O)ccc1Cl. The zero-order valence-corrected chi connectivity index (χ0v) is 11.3. The van der Waals surface area contributed by atoms with Crippen LogP contribution in [0.4, 0.5) is 5.69 Å². The fraction of sp³-hybridized carbons (Fsp3) is 0.0714. The number of hydrogen-bond donors (Lipinski definition) is 3. The van der Waals surface area contributed by atoms with E-state index in [9.17, 15) is 15.0 Å². The highest BCUT2D eigenvalue weighted by atomic mass is 35.5. The summed E-state index contributed by atoms with van der Waals surface area (Å²) in [6, 6.07) is 8.76. The molecule has 0 heterocycles. The lowest BCUT2D eigenvalue weighted by Gasteiger charge is -2.10. The van der Waals surface area contributed by atoms with E-state index in [0.29, 0.717) is 16.5 Å². The molecule has 2 aromatic rings. The zero-order valence-electron chi connectivity index (χ0n) is 10.6. The Hall–Kier alpha value is -2.40. The fourth-order valence-electron chi connectivity index (χ4n) is 1.69. The zero-order chi connectivity index (χ0) is 14.7. The van der Waals surface area contributed by atoms with Gasteiger partial charge in [0.15, 0.2) is 0 Å². The average molecular weight is 294 g/mol. The molecule has 0 aliphatic heterocycles. The van der Waals surface area contributed by atoms with Gasteiger partial charge in [0.1, 0.15) is 22.8 Å². The van der Waals surface area contributed by atoms with Crippen LogP contribution in [-0.2, 0) is 0 Å². The molecule has 0 saturated carbocycles. The van der Waals surface area contributed by atoms with Gasteiger partial charge in [-0.25, -0.2) is 0 Å². The number of benzene rings is 2. The van der Waals surface area contributed by atoms with Crippen molar-refractivity contribution in [3.05, 3.63) is 47.0 Å². The summed E-state index contributed by atoms with van der Waals surface area (Å²) in [5.41, 5.74) is 0.236. The molecular formula is C14H12ClNO4. The van der Waals surface area contributed by atoms with Crippen molar-refractivity contribution in [2.45, 2.75) is 0 Å². The lowest BCUT2D eigenvalue weighted by atomic mass is 10.1. The maximum absolute atomic E-state index is 12.0. The summed E-state index contributed by atoms with van der Waals surface area (Å²) in [4.78, 5) is 12.0. The lowest BCUT2D eigenvalue weighted by molar-refractivity contribution is 0.102. The van der Waals surface area contributed by atoms with Gasteiger partial charge in [-0.3, -0.25) is 4.79 Å². The Labute approximate surface area is 120 Å². The number of carbonyl (C=O) groups is 1. The first-order valence-electron chi connectivity index (χ1n) is 5.68. The molecule has 0 aliphatic carbocycles. The molecule has 3 N–H and O–H groups in total. The van der Waals surface area contributed by atoms with E-state index in [1.54, 1.807) is 12.1 Å². The van der Waals surface area contributed by atoms with Gasteiger partial charge in [0.25, 0.3) is 5.91 Å². The summed E-state index contributed by atoms with van der Waals surface area (Å²) in [5.74, 6) is -0.831. The minimum atomic E-state index is -0.634. The van der Waals surface area contributed by atoms with E-state index in [0.717, 1.165) is 0 Å². The molecule has 104 valence electrons. The molecule has 0 aromatic heterocycles. The first kappa shape index (κ1) is 14.0.